The number of rotatable bonds is 6. The summed E-state index contributed by atoms with van der Waals surface area (Å²) in [6, 6.07) is 18.8. The zero-order valence-electron chi connectivity index (χ0n) is 11.7. The molecule has 19 heavy (non-hydrogen) atoms. The van der Waals surface area contributed by atoms with Crippen LogP contribution in [0.4, 0.5) is 0 Å². The Bertz CT molecular complexity index is 494. The molecule has 0 atom stereocenters. The molecule has 0 fully saturated rings. The van der Waals surface area contributed by atoms with Crippen LogP contribution < -0.4 is 9.64 Å². The van der Waals surface area contributed by atoms with E-state index in [4.69, 9.17) is 4.74 Å². The van der Waals surface area contributed by atoms with Crippen LogP contribution in [0.25, 0.3) is 0 Å². The molecule has 0 spiro atoms. The molecule has 0 bridgehead atoms. The SMILES string of the molecule is C[NH+](C)CCOc1ccccc1Cc1ccccc1. The summed E-state index contributed by atoms with van der Waals surface area (Å²) >= 11 is 0. The lowest BCUT2D eigenvalue weighted by Crippen LogP contribution is -3.06. The summed E-state index contributed by atoms with van der Waals surface area (Å²) in [4.78, 5) is 1.40. The first-order chi connectivity index (χ1) is 9.25. The van der Waals surface area contributed by atoms with Gasteiger partial charge in [0.25, 0.3) is 0 Å². The Labute approximate surface area is 115 Å². The number of quaternary nitrogens is 1. The molecule has 2 aromatic carbocycles. The third kappa shape index (κ3) is 4.42. The molecule has 0 aliphatic heterocycles. The number of hydrogen-bond donors (Lipinski definition) is 1. The smallest absolute Gasteiger partial charge is 0.137 e. The van der Waals surface area contributed by atoms with E-state index in [1.807, 2.05) is 12.1 Å². The highest BCUT2D eigenvalue weighted by molar-refractivity contribution is 5.37. The number of likely N-dealkylation sites (N-methyl/N-ethyl adjacent to an activating group) is 1. The summed E-state index contributed by atoms with van der Waals surface area (Å²) in [6.07, 6.45) is 0.922. The Hall–Kier alpha value is -1.80. The highest BCUT2D eigenvalue weighted by Crippen LogP contribution is 2.21. The molecular weight excluding hydrogens is 234 g/mol. The van der Waals surface area contributed by atoms with Crippen LogP contribution in [0.5, 0.6) is 5.75 Å². The van der Waals surface area contributed by atoms with Gasteiger partial charge in [0.05, 0.1) is 14.1 Å². The summed E-state index contributed by atoms with van der Waals surface area (Å²) in [5, 5.41) is 0. The van der Waals surface area contributed by atoms with Crippen molar-refractivity contribution in [3.63, 3.8) is 0 Å². The Balaban J connectivity index is 2.04. The predicted octanol–water partition coefficient (Wildman–Crippen LogP) is 1.80. The average molecular weight is 256 g/mol. The Morgan fingerprint density at radius 2 is 1.58 bits per heavy atom. The van der Waals surface area contributed by atoms with E-state index in [1.54, 1.807) is 0 Å². The minimum absolute atomic E-state index is 0.758. The van der Waals surface area contributed by atoms with Crippen LogP contribution in [-0.4, -0.2) is 27.2 Å². The van der Waals surface area contributed by atoms with Crippen LogP contribution in [0, 0.1) is 0 Å². The second-order valence-electron chi connectivity index (χ2n) is 5.08. The van der Waals surface area contributed by atoms with Gasteiger partial charge in [-0.25, -0.2) is 0 Å². The first-order valence-electron chi connectivity index (χ1n) is 6.79. The third-order valence-corrected chi connectivity index (χ3v) is 3.07. The molecule has 0 unspecified atom stereocenters. The summed E-state index contributed by atoms with van der Waals surface area (Å²) < 4.78 is 5.90. The van der Waals surface area contributed by atoms with Gasteiger partial charge in [-0.05, 0) is 17.2 Å². The van der Waals surface area contributed by atoms with Gasteiger partial charge in [0.1, 0.15) is 18.9 Å². The molecule has 0 radical (unpaired) electrons. The molecule has 2 nitrogen and oxygen atoms in total. The first kappa shape index (κ1) is 13.6. The van der Waals surface area contributed by atoms with Crippen molar-refractivity contribution in [2.24, 2.45) is 0 Å². The maximum Gasteiger partial charge on any atom is 0.137 e. The average Bonchev–Trinajstić information content (AvgIpc) is 2.41. The number of benzene rings is 2. The molecular formula is C17H22NO+. The summed E-state index contributed by atoms with van der Waals surface area (Å²) in [5.74, 6) is 1.01. The van der Waals surface area contributed by atoms with E-state index in [1.165, 1.54) is 16.0 Å². The molecule has 0 aliphatic rings. The van der Waals surface area contributed by atoms with E-state index in [0.717, 1.165) is 25.3 Å². The molecule has 1 N–H and O–H groups in total. The van der Waals surface area contributed by atoms with Gasteiger partial charge in [-0.3, -0.25) is 0 Å². The van der Waals surface area contributed by atoms with Crippen LogP contribution in [0.2, 0.25) is 0 Å². The number of ether oxygens (including phenoxy) is 1. The third-order valence-electron chi connectivity index (χ3n) is 3.07. The van der Waals surface area contributed by atoms with Crippen molar-refractivity contribution in [3.05, 3.63) is 65.7 Å². The number of nitrogens with one attached hydrogen (secondary N) is 1. The van der Waals surface area contributed by atoms with E-state index in [0.29, 0.717) is 0 Å². The highest BCUT2D eigenvalue weighted by atomic mass is 16.5. The fourth-order valence-electron chi connectivity index (χ4n) is 1.97. The molecule has 2 rings (SSSR count). The van der Waals surface area contributed by atoms with Gasteiger partial charge in [0.15, 0.2) is 0 Å². The highest BCUT2D eigenvalue weighted by Gasteiger charge is 2.04. The summed E-state index contributed by atoms with van der Waals surface area (Å²) in [7, 11) is 4.28. The molecule has 0 aromatic heterocycles. The lowest BCUT2D eigenvalue weighted by Gasteiger charge is -2.12. The second kappa shape index (κ2) is 6.95. The fraction of sp³-hybridized carbons (Fsp3) is 0.294. The van der Waals surface area contributed by atoms with Gasteiger partial charge in [-0.1, -0.05) is 48.5 Å². The molecule has 2 heteroatoms. The Morgan fingerprint density at radius 1 is 0.895 bits per heavy atom. The maximum atomic E-state index is 5.90. The van der Waals surface area contributed by atoms with Gasteiger partial charge in [-0.15, -0.1) is 0 Å². The van der Waals surface area contributed by atoms with Gasteiger partial charge in [0, 0.05) is 6.42 Å². The van der Waals surface area contributed by atoms with Gasteiger partial charge < -0.3 is 9.64 Å². The first-order valence-corrected chi connectivity index (χ1v) is 6.79. The molecule has 0 aliphatic carbocycles. The van der Waals surface area contributed by atoms with Crippen molar-refractivity contribution in [1.82, 2.24) is 0 Å². The van der Waals surface area contributed by atoms with E-state index in [2.05, 4.69) is 56.6 Å². The zero-order valence-corrected chi connectivity index (χ0v) is 11.7. The van der Waals surface area contributed by atoms with Crippen molar-refractivity contribution in [1.29, 1.82) is 0 Å². The van der Waals surface area contributed by atoms with Gasteiger partial charge in [0.2, 0.25) is 0 Å². The fourth-order valence-corrected chi connectivity index (χ4v) is 1.97. The van der Waals surface area contributed by atoms with Crippen LogP contribution in [0.3, 0.4) is 0 Å². The molecule has 100 valence electrons. The second-order valence-corrected chi connectivity index (χ2v) is 5.08. The molecule has 0 saturated heterocycles. The van der Waals surface area contributed by atoms with Crippen LogP contribution in [0.1, 0.15) is 11.1 Å². The van der Waals surface area contributed by atoms with Crippen molar-refractivity contribution >= 4 is 0 Å². The largest absolute Gasteiger partial charge is 0.487 e. The number of hydrogen-bond acceptors (Lipinski definition) is 1. The van der Waals surface area contributed by atoms with Crippen molar-refractivity contribution < 1.29 is 9.64 Å². The van der Waals surface area contributed by atoms with Crippen LogP contribution >= 0.6 is 0 Å². The van der Waals surface area contributed by atoms with Crippen molar-refractivity contribution in [2.45, 2.75) is 6.42 Å². The minimum Gasteiger partial charge on any atom is -0.487 e. The van der Waals surface area contributed by atoms with Crippen molar-refractivity contribution in [3.8, 4) is 5.75 Å². The molecule has 0 saturated carbocycles. The monoisotopic (exact) mass is 256 g/mol. The van der Waals surface area contributed by atoms with E-state index >= 15 is 0 Å². The summed E-state index contributed by atoms with van der Waals surface area (Å²) in [5.41, 5.74) is 2.57. The lowest BCUT2D eigenvalue weighted by atomic mass is 10.0. The quantitative estimate of drug-likeness (QED) is 0.832. The standard InChI is InChI=1S/C17H21NO/c1-18(2)12-13-19-17-11-7-6-10-16(17)14-15-8-4-3-5-9-15/h3-11H,12-14H2,1-2H3/p+1. The van der Waals surface area contributed by atoms with E-state index in [9.17, 15) is 0 Å². The lowest BCUT2D eigenvalue weighted by molar-refractivity contribution is -0.858. The normalized spacial score (nSPS) is 10.7. The number of para-hydroxylation sites is 1. The van der Waals surface area contributed by atoms with Crippen LogP contribution in [-0.2, 0) is 6.42 Å². The minimum atomic E-state index is 0.758. The predicted molar refractivity (Wildman–Crippen MR) is 78.9 cm³/mol. The van der Waals surface area contributed by atoms with E-state index in [-0.39, 0.29) is 0 Å². The van der Waals surface area contributed by atoms with Gasteiger partial charge >= 0.3 is 0 Å². The maximum absolute atomic E-state index is 5.90. The van der Waals surface area contributed by atoms with Crippen LogP contribution in [0.15, 0.2) is 54.6 Å². The van der Waals surface area contributed by atoms with E-state index < -0.39 is 0 Å². The molecule has 0 amide bonds. The Morgan fingerprint density at radius 3 is 2.32 bits per heavy atom. The zero-order chi connectivity index (χ0) is 13.5. The van der Waals surface area contributed by atoms with Gasteiger partial charge in [-0.2, -0.15) is 0 Å². The summed E-state index contributed by atoms with van der Waals surface area (Å²) in [6.45, 7) is 1.77. The molecule has 0 heterocycles. The Kier molecular flexibility index (Phi) is 4.99. The van der Waals surface area contributed by atoms with Crippen molar-refractivity contribution in [2.75, 3.05) is 27.2 Å². The topological polar surface area (TPSA) is 13.7 Å². The molecule has 2 aromatic rings.